The van der Waals surface area contributed by atoms with Gasteiger partial charge < -0.3 is 20.7 Å². The highest BCUT2D eigenvalue weighted by Gasteiger charge is 2.34. The molecule has 0 bridgehead atoms. The molecule has 0 unspecified atom stereocenters. The lowest BCUT2D eigenvalue weighted by atomic mass is 10.2. The number of alkyl halides is 2. The number of anilines is 3. The Morgan fingerprint density at radius 3 is 2.46 bits per heavy atom. The van der Waals surface area contributed by atoms with Gasteiger partial charge in [-0.15, -0.1) is 0 Å². The number of nitrogen functional groups attached to an aromatic ring is 1. The number of carbonyl (C=O) groups excluding carboxylic acids is 2. The van der Waals surface area contributed by atoms with Gasteiger partial charge in [-0.2, -0.15) is 8.78 Å². The van der Waals surface area contributed by atoms with Crippen LogP contribution in [0.4, 0.5) is 39.4 Å². The van der Waals surface area contributed by atoms with Gasteiger partial charge in [-0.25, -0.2) is 23.2 Å². The van der Waals surface area contributed by atoms with E-state index in [0.717, 1.165) is 17.0 Å². The Labute approximate surface area is 206 Å². The highest BCUT2D eigenvalue weighted by Crippen LogP contribution is 2.31. The van der Waals surface area contributed by atoms with E-state index in [9.17, 15) is 23.2 Å². The Bertz CT molecular complexity index is 1430. The van der Waals surface area contributed by atoms with Gasteiger partial charge in [0, 0.05) is 25.2 Å². The third-order valence-corrected chi connectivity index (χ3v) is 6.26. The van der Waals surface area contributed by atoms with Crippen molar-refractivity contribution in [1.29, 1.82) is 0 Å². The topological polar surface area (TPSA) is 128 Å². The minimum Gasteiger partial charge on any atom is -0.442 e. The van der Waals surface area contributed by atoms with Crippen LogP contribution in [-0.2, 0) is 22.6 Å². The molecule has 37 heavy (non-hydrogen) atoms. The number of halogens is 4. The third kappa shape index (κ3) is 4.40. The standard InChI is InChI=1S/C22H21F4N7O4/c23-15-6-12(31-10-13(37-22(31)36)9-29-20(34)18(25)26)7-16(24)17(15)30-1-3-32-19-14(5-11(27)8-28-19)21(35)33(32)4-2-30/h5-8,13,18H,1-4,9-10,27H2,(H,29,34)/t13-/m0/s1. The van der Waals surface area contributed by atoms with Crippen LogP contribution in [0.5, 0.6) is 0 Å². The summed E-state index contributed by atoms with van der Waals surface area (Å²) >= 11 is 0. The molecule has 1 fully saturated rings. The molecule has 11 nitrogen and oxygen atoms in total. The van der Waals surface area contributed by atoms with Gasteiger partial charge in [0.15, 0.2) is 17.3 Å². The highest BCUT2D eigenvalue weighted by molar-refractivity contribution is 5.90. The lowest BCUT2D eigenvalue weighted by molar-refractivity contribution is -0.132. The monoisotopic (exact) mass is 523 g/mol. The minimum atomic E-state index is -3.22. The molecule has 0 saturated carbocycles. The zero-order chi connectivity index (χ0) is 26.4. The number of benzene rings is 1. The van der Waals surface area contributed by atoms with Crippen LogP contribution >= 0.6 is 0 Å². The summed E-state index contributed by atoms with van der Waals surface area (Å²) in [6.45, 7) is 0.0728. The zero-order valence-corrected chi connectivity index (χ0v) is 19.2. The molecule has 2 aliphatic heterocycles. The fraction of sp³-hybridized carbons (Fsp3) is 0.364. The normalized spacial score (nSPS) is 17.8. The lowest BCUT2D eigenvalue weighted by Gasteiger charge is -2.24. The Morgan fingerprint density at radius 1 is 1.11 bits per heavy atom. The summed E-state index contributed by atoms with van der Waals surface area (Å²) < 4.78 is 63.2. The van der Waals surface area contributed by atoms with Crippen molar-refractivity contribution in [3.8, 4) is 0 Å². The quantitative estimate of drug-likeness (QED) is 0.483. The molecule has 2 amide bonds. The molecule has 4 heterocycles. The first-order chi connectivity index (χ1) is 17.6. The number of nitrogens with zero attached hydrogens (tertiary/aromatic N) is 5. The fourth-order valence-corrected chi connectivity index (χ4v) is 4.56. The summed E-state index contributed by atoms with van der Waals surface area (Å²) in [6.07, 6.45) is -3.70. The molecule has 1 atom stereocenters. The highest BCUT2D eigenvalue weighted by atomic mass is 19.3. The molecule has 3 aromatic rings. The summed E-state index contributed by atoms with van der Waals surface area (Å²) in [5, 5.41) is 2.30. The van der Waals surface area contributed by atoms with Crippen molar-refractivity contribution in [2.24, 2.45) is 0 Å². The summed E-state index contributed by atoms with van der Waals surface area (Å²) in [4.78, 5) is 42.7. The van der Waals surface area contributed by atoms with E-state index in [2.05, 4.69) is 4.98 Å². The van der Waals surface area contributed by atoms with Crippen LogP contribution in [0.25, 0.3) is 11.0 Å². The second-order valence-corrected chi connectivity index (χ2v) is 8.60. The van der Waals surface area contributed by atoms with Crippen molar-refractivity contribution in [3.63, 3.8) is 0 Å². The predicted octanol–water partition coefficient (Wildman–Crippen LogP) is 1.29. The maximum absolute atomic E-state index is 15.2. The molecule has 15 heteroatoms. The number of rotatable bonds is 5. The predicted molar refractivity (Wildman–Crippen MR) is 124 cm³/mol. The number of cyclic esters (lactones) is 1. The van der Waals surface area contributed by atoms with E-state index in [1.807, 2.05) is 5.32 Å². The lowest BCUT2D eigenvalue weighted by Crippen LogP contribution is -2.37. The number of pyridine rings is 1. The minimum absolute atomic E-state index is 0.122. The molecule has 3 N–H and O–H groups in total. The number of carbonyl (C=O) groups is 2. The first-order valence-electron chi connectivity index (χ1n) is 11.3. The van der Waals surface area contributed by atoms with Crippen molar-refractivity contribution < 1.29 is 31.9 Å². The number of aromatic nitrogens is 3. The molecule has 0 spiro atoms. The molecule has 2 aliphatic rings. The van der Waals surface area contributed by atoms with Gasteiger partial charge in [0.05, 0.1) is 49.1 Å². The third-order valence-electron chi connectivity index (χ3n) is 6.26. The molecular weight excluding hydrogens is 502 g/mol. The van der Waals surface area contributed by atoms with Gasteiger partial charge in [0.25, 0.3) is 11.5 Å². The maximum Gasteiger partial charge on any atom is 0.414 e. The smallest absolute Gasteiger partial charge is 0.414 e. The average Bonchev–Trinajstić information content (AvgIpc) is 3.24. The van der Waals surface area contributed by atoms with Crippen molar-refractivity contribution in [3.05, 3.63) is 46.4 Å². The first-order valence-corrected chi connectivity index (χ1v) is 11.3. The number of amides is 2. The molecular formula is C22H21F4N7O4. The van der Waals surface area contributed by atoms with Gasteiger partial charge in [0.2, 0.25) is 0 Å². The molecule has 0 radical (unpaired) electrons. The average molecular weight is 523 g/mol. The van der Waals surface area contributed by atoms with E-state index in [-0.39, 0.29) is 56.2 Å². The Morgan fingerprint density at radius 2 is 1.78 bits per heavy atom. The Kier molecular flexibility index (Phi) is 6.13. The second-order valence-electron chi connectivity index (χ2n) is 8.60. The zero-order valence-electron chi connectivity index (χ0n) is 19.2. The van der Waals surface area contributed by atoms with E-state index in [1.165, 1.54) is 21.8 Å². The van der Waals surface area contributed by atoms with Crippen LogP contribution in [0, 0.1) is 11.6 Å². The van der Waals surface area contributed by atoms with Gasteiger partial charge in [-0.05, 0) is 6.07 Å². The van der Waals surface area contributed by atoms with Gasteiger partial charge in [0.1, 0.15) is 11.8 Å². The van der Waals surface area contributed by atoms with Crippen LogP contribution in [-0.4, -0.2) is 65.1 Å². The summed E-state index contributed by atoms with van der Waals surface area (Å²) in [5.74, 6) is -3.39. The van der Waals surface area contributed by atoms with E-state index in [4.69, 9.17) is 10.5 Å². The number of nitrogens with one attached hydrogen (secondary N) is 1. The van der Waals surface area contributed by atoms with E-state index < -0.39 is 36.2 Å². The van der Waals surface area contributed by atoms with Crippen LogP contribution in [0.15, 0.2) is 29.2 Å². The maximum atomic E-state index is 15.2. The molecule has 1 saturated heterocycles. The molecule has 2 aromatic heterocycles. The van der Waals surface area contributed by atoms with Crippen LogP contribution in [0.1, 0.15) is 0 Å². The number of fused-ring (bicyclic) bond motifs is 3. The van der Waals surface area contributed by atoms with E-state index >= 15 is 8.78 Å². The fourth-order valence-electron chi connectivity index (χ4n) is 4.56. The van der Waals surface area contributed by atoms with Crippen molar-refractivity contribution in [2.75, 3.05) is 41.7 Å². The molecule has 5 rings (SSSR count). The Balaban J connectivity index is 1.33. The van der Waals surface area contributed by atoms with Gasteiger partial charge >= 0.3 is 12.5 Å². The molecule has 196 valence electrons. The summed E-state index contributed by atoms with van der Waals surface area (Å²) in [7, 11) is 0. The van der Waals surface area contributed by atoms with Gasteiger partial charge in [-0.1, -0.05) is 0 Å². The molecule has 0 aliphatic carbocycles. The summed E-state index contributed by atoms with van der Waals surface area (Å²) in [6, 6.07) is 3.48. The van der Waals surface area contributed by atoms with E-state index in [0.29, 0.717) is 16.7 Å². The van der Waals surface area contributed by atoms with Crippen LogP contribution in [0.3, 0.4) is 0 Å². The van der Waals surface area contributed by atoms with Crippen molar-refractivity contribution in [1.82, 2.24) is 19.7 Å². The number of hydrogen-bond acceptors (Lipinski definition) is 7. The SMILES string of the molecule is Nc1cnc2c(c1)c(=O)n1n2CCN(c2c(F)cc(N3C[C@H](CNC(=O)C(F)F)OC3=O)cc2F)CC1. The summed E-state index contributed by atoms with van der Waals surface area (Å²) in [5.41, 5.74) is 5.75. The van der Waals surface area contributed by atoms with E-state index in [1.54, 1.807) is 4.68 Å². The molecule has 1 aromatic carbocycles. The van der Waals surface area contributed by atoms with Crippen LogP contribution in [0.2, 0.25) is 0 Å². The Hall–Kier alpha value is -4.30. The van der Waals surface area contributed by atoms with Gasteiger partial charge in [-0.3, -0.25) is 19.2 Å². The second kappa shape index (κ2) is 9.29. The largest absolute Gasteiger partial charge is 0.442 e. The van der Waals surface area contributed by atoms with Crippen LogP contribution < -0.4 is 26.4 Å². The van der Waals surface area contributed by atoms with Crippen molar-refractivity contribution in [2.45, 2.75) is 25.6 Å². The first kappa shape index (κ1) is 24.4. The number of nitrogens with two attached hydrogens (primary N) is 1. The number of ether oxygens (including phenoxy) is 1. The van der Waals surface area contributed by atoms with Crippen molar-refractivity contribution >= 4 is 40.1 Å². The number of hydrogen-bond donors (Lipinski definition) is 2.